The molecule has 0 atom stereocenters. The first-order chi connectivity index (χ1) is 13.5. The minimum absolute atomic E-state index is 0.0504. The molecule has 1 saturated carbocycles. The third-order valence-corrected chi connectivity index (χ3v) is 4.77. The van der Waals surface area contributed by atoms with Crippen molar-refractivity contribution < 1.29 is 19.2 Å². The molecule has 1 fully saturated rings. The van der Waals surface area contributed by atoms with Gasteiger partial charge in [0.25, 0.3) is 5.69 Å². The molecule has 3 rings (SSSR count). The molecule has 0 spiro atoms. The standard InChI is InChI=1S/C20H21N3O5/c1-28-20(25)17-11-15(8-9-18(17)23(26)27)21-12-13-4-2-7-16(10-13)22-19(24)14-5-3-6-14/h2,4,7-11,14,21H,3,5-6,12H2,1H3,(H,22,24). The predicted octanol–water partition coefficient (Wildman–Crippen LogP) is 3.73. The summed E-state index contributed by atoms with van der Waals surface area (Å²) in [5.41, 5.74) is 1.78. The van der Waals surface area contributed by atoms with Gasteiger partial charge in [0.2, 0.25) is 5.91 Å². The number of nitrogens with zero attached hydrogens (tertiary/aromatic N) is 1. The number of methoxy groups -OCH3 is 1. The molecule has 2 N–H and O–H groups in total. The Bertz CT molecular complexity index is 908. The van der Waals surface area contributed by atoms with Crippen LogP contribution in [0.1, 0.15) is 35.2 Å². The number of nitrogens with one attached hydrogen (secondary N) is 2. The SMILES string of the molecule is COC(=O)c1cc(NCc2cccc(NC(=O)C3CCC3)c2)ccc1[N+](=O)[O-]. The van der Waals surface area contributed by atoms with Gasteiger partial charge in [-0.15, -0.1) is 0 Å². The van der Waals surface area contributed by atoms with E-state index < -0.39 is 10.9 Å². The number of hydrogen-bond acceptors (Lipinski definition) is 6. The number of benzene rings is 2. The number of amides is 1. The minimum atomic E-state index is -0.768. The van der Waals surface area contributed by atoms with Crippen LogP contribution in [0.5, 0.6) is 0 Å². The van der Waals surface area contributed by atoms with E-state index in [-0.39, 0.29) is 23.1 Å². The predicted molar refractivity (Wildman–Crippen MR) is 104 cm³/mol. The number of esters is 1. The van der Waals surface area contributed by atoms with E-state index in [4.69, 9.17) is 0 Å². The van der Waals surface area contributed by atoms with Gasteiger partial charge in [0.15, 0.2) is 0 Å². The summed E-state index contributed by atoms with van der Waals surface area (Å²) in [7, 11) is 1.18. The van der Waals surface area contributed by atoms with Crippen LogP contribution >= 0.6 is 0 Å². The van der Waals surface area contributed by atoms with Crippen LogP contribution < -0.4 is 10.6 Å². The quantitative estimate of drug-likeness (QED) is 0.428. The van der Waals surface area contributed by atoms with E-state index in [9.17, 15) is 19.7 Å². The minimum Gasteiger partial charge on any atom is -0.465 e. The van der Waals surface area contributed by atoms with Gasteiger partial charge in [0.05, 0.1) is 12.0 Å². The zero-order valence-electron chi connectivity index (χ0n) is 15.4. The lowest BCUT2D eigenvalue weighted by atomic mass is 9.85. The smallest absolute Gasteiger partial charge is 0.344 e. The van der Waals surface area contributed by atoms with Crippen LogP contribution in [0.25, 0.3) is 0 Å². The first-order valence-corrected chi connectivity index (χ1v) is 8.98. The number of carbonyl (C=O) groups excluding carboxylic acids is 2. The fourth-order valence-corrected chi connectivity index (χ4v) is 2.96. The summed E-state index contributed by atoms with van der Waals surface area (Å²) in [5, 5.41) is 17.1. The molecule has 0 unspecified atom stereocenters. The molecule has 0 aliphatic heterocycles. The molecule has 0 aromatic heterocycles. The maximum absolute atomic E-state index is 12.1. The second kappa shape index (κ2) is 8.51. The van der Waals surface area contributed by atoms with Crippen LogP contribution in [0.4, 0.5) is 17.1 Å². The lowest BCUT2D eigenvalue weighted by molar-refractivity contribution is -0.385. The van der Waals surface area contributed by atoms with Gasteiger partial charge in [0, 0.05) is 29.9 Å². The third kappa shape index (κ3) is 4.46. The van der Waals surface area contributed by atoms with Gasteiger partial charge in [-0.25, -0.2) is 4.79 Å². The van der Waals surface area contributed by atoms with Gasteiger partial charge >= 0.3 is 5.97 Å². The highest BCUT2D eigenvalue weighted by Crippen LogP contribution is 2.28. The normalized spacial score (nSPS) is 13.3. The number of nitro benzene ring substituents is 1. The average molecular weight is 383 g/mol. The van der Waals surface area contributed by atoms with Crippen molar-refractivity contribution in [3.63, 3.8) is 0 Å². The summed E-state index contributed by atoms with van der Waals surface area (Å²) in [6, 6.07) is 11.7. The molecule has 0 heterocycles. The van der Waals surface area contributed by atoms with Crippen LogP contribution in [0, 0.1) is 16.0 Å². The van der Waals surface area contributed by atoms with Gasteiger partial charge in [-0.2, -0.15) is 0 Å². The number of rotatable bonds is 7. The zero-order chi connectivity index (χ0) is 20.1. The van der Waals surface area contributed by atoms with Crippen LogP contribution in [0.15, 0.2) is 42.5 Å². The van der Waals surface area contributed by atoms with Gasteiger partial charge < -0.3 is 15.4 Å². The Morgan fingerprint density at radius 2 is 1.96 bits per heavy atom. The van der Waals surface area contributed by atoms with E-state index >= 15 is 0 Å². The van der Waals surface area contributed by atoms with Crippen molar-refractivity contribution in [3.8, 4) is 0 Å². The number of ether oxygens (including phenoxy) is 1. The lowest BCUT2D eigenvalue weighted by Gasteiger charge is -2.24. The Balaban J connectivity index is 1.68. The van der Waals surface area contributed by atoms with E-state index in [2.05, 4.69) is 15.4 Å². The van der Waals surface area contributed by atoms with Crippen molar-refractivity contribution in [2.45, 2.75) is 25.8 Å². The summed E-state index contributed by atoms with van der Waals surface area (Å²) in [6.45, 7) is 0.422. The van der Waals surface area contributed by atoms with Crippen molar-refractivity contribution in [1.82, 2.24) is 0 Å². The lowest BCUT2D eigenvalue weighted by Crippen LogP contribution is -2.28. The molecule has 0 radical (unpaired) electrons. The second-order valence-electron chi connectivity index (χ2n) is 6.65. The second-order valence-corrected chi connectivity index (χ2v) is 6.65. The molecule has 1 aliphatic carbocycles. The Kier molecular flexibility index (Phi) is 5.88. The molecular weight excluding hydrogens is 362 g/mol. The molecule has 28 heavy (non-hydrogen) atoms. The Hall–Kier alpha value is -3.42. The first-order valence-electron chi connectivity index (χ1n) is 8.98. The van der Waals surface area contributed by atoms with Crippen molar-refractivity contribution in [2.24, 2.45) is 5.92 Å². The fourth-order valence-electron chi connectivity index (χ4n) is 2.96. The maximum Gasteiger partial charge on any atom is 0.344 e. The number of anilines is 2. The van der Waals surface area contributed by atoms with Gasteiger partial charge in [-0.05, 0) is 42.7 Å². The molecular formula is C20H21N3O5. The summed E-state index contributed by atoms with van der Waals surface area (Å²) >= 11 is 0. The van der Waals surface area contributed by atoms with E-state index in [0.29, 0.717) is 12.2 Å². The number of nitro groups is 1. The maximum atomic E-state index is 12.1. The van der Waals surface area contributed by atoms with Crippen molar-refractivity contribution in [2.75, 3.05) is 17.7 Å². The summed E-state index contributed by atoms with van der Waals surface area (Å²) in [6.07, 6.45) is 2.98. The highest BCUT2D eigenvalue weighted by atomic mass is 16.6. The highest BCUT2D eigenvalue weighted by molar-refractivity contribution is 5.95. The summed E-state index contributed by atoms with van der Waals surface area (Å²) in [5.74, 6) is -0.607. The fraction of sp³-hybridized carbons (Fsp3) is 0.300. The van der Waals surface area contributed by atoms with Gasteiger partial charge in [-0.1, -0.05) is 18.6 Å². The average Bonchev–Trinajstić information content (AvgIpc) is 2.64. The molecule has 0 bridgehead atoms. The third-order valence-electron chi connectivity index (χ3n) is 4.77. The molecule has 8 nitrogen and oxygen atoms in total. The Morgan fingerprint density at radius 1 is 1.18 bits per heavy atom. The van der Waals surface area contributed by atoms with Crippen molar-refractivity contribution in [1.29, 1.82) is 0 Å². The monoisotopic (exact) mass is 383 g/mol. The van der Waals surface area contributed by atoms with E-state index in [1.807, 2.05) is 24.3 Å². The van der Waals surface area contributed by atoms with Crippen molar-refractivity contribution in [3.05, 3.63) is 63.7 Å². The molecule has 1 aliphatic rings. The van der Waals surface area contributed by atoms with Crippen LogP contribution in [-0.2, 0) is 16.1 Å². The summed E-state index contributed by atoms with van der Waals surface area (Å²) in [4.78, 5) is 34.3. The van der Waals surface area contributed by atoms with Crippen LogP contribution in [0.3, 0.4) is 0 Å². The Morgan fingerprint density at radius 3 is 2.61 bits per heavy atom. The molecule has 1 amide bonds. The Labute approximate surface area is 162 Å². The largest absolute Gasteiger partial charge is 0.465 e. The zero-order valence-corrected chi connectivity index (χ0v) is 15.4. The van der Waals surface area contributed by atoms with Crippen molar-refractivity contribution >= 4 is 28.9 Å². The van der Waals surface area contributed by atoms with E-state index in [1.54, 1.807) is 0 Å². The van der Waals surface area contributed by atoms with E-state index in [1.165, 1.54) is 25.3 Å². The molecule has 0 saturated heterocycles. The van der Waals surface area contributed by atoms with Gasteiger partial charge in [-0.3, -0.25) is 14.9 Å². The topological polar surface area (TPSA) is 111 Å². The van der Waals surface area contributed by atoms with Crippen LogP contribution in [-0.4, -0.2) is 23.9 Å². The van der Waals surface area contributed by atoms with E-state index in [0.717, 1.165) is 30.5 Å². The summed E-state index contributed by atoms with van der Waals surface area (Å²) < 4.78 is 4.62. The van der Waals surface area contributed by atoms with Gasteiger partial charge in [0.1, 0.15) is 5.56 Å². The molecule has 2 aromatic rings. The number of hydrogen-bond donors (Lipinski definition) is 2. The first kappa shape index (κ1) is 19.3. The number of carbonyl (C=O) groups is 2. The molecule has 146 valence electrons. The molecule has 2 aromatic carbocycles. The van der Waals surface area contributed by atoms with Crippen LogP contribution in [0.2, 0.25) is 0 Å². The molecule has 8 heteroatoms. The highest BCUT2D eigenvalue weighted by Gasteiger charge is 2.25.